The highest BCUT2D eigenvalue weighted by molar-refractivity contribution is 7.99. The van der Waals surface area contributed by atoms with Crippen LogP contribution in [0, 0.1) is 0 Å². The Bertz CT molecular complexity index is 1400. The fourth-order valence-corrected chi connectivity index (χ4v) is 4.24. The van der Waals surface area contributed by atoms with Gasteiger partial charge in [-0.05, 0) is 60.7 Å². The molecule has 188 valence electrons. The smallest absolute Gasteiger partial charge is 0.250 e. The molecule has 3 N–H and O–H groups in total. The predicted octanol–water partition coefficient (Wildman–Crippen LogP) is 4.44. The summed E-state index contributed by atoms with van der Waals surface area (Å²) in [5.74, 6) is 1.03. The van der Waals surface area contributed by atoms with Crippen molar-refractivity contribution in [1.82, 2.24) is 15.2 Å². The van der Waals surface area contributed by atoms with Crippen molar-refractivity contribution in [2.24, 2.45) is 5.73 Å². The Hall–Kier alpha value is -4.44. The van der Waals surface area contributed by atoms with Crippen LogP contribution in [-0.2, 0) is 4.79 Å². The molecule has 3 aromatic carbocycles. The number of anilines is 1. The molecule has 0 bridgehead atoms. The lowest BCUT2D eigenvalue weighted by Crippen LogP contribution is -2.18. The minimum Gasteiger partial charge on any atom is -0.497 e. The lowest BCUT2D eigenvalue weighted by Gasteiger charge is -2.11. The Morgan fingerprint density at radius 1 is 0.838 bits per heavy atom. The molecule has 0 aliphatic heterocycles. The normalized spacial score (nSPS) is 10.5. The van der Waals surface area contributed by atoms with Crippen LogP contribution in [0.3, 0.4) is 0 Å². The van der Waals surface area contributed by atoms with Crippen LogP contribution in [0.25, 0.3) is 22.5 Å². The number of nitrogens with two attached hydrogens (primary N) is 1. The third kappa shape index (κ3) is 6.42. The molecule has 0 saturated carbocycles. The number of nitrogens with one attached hydrogen (secondary N) is 1. The van der Waals surface area contributed by atoms with Crippen molar-refractivity contribution in [3.63, 3.8) is 0 Å². The van der Waals surface area contributed by atoms with Gasteiger partial charge in [-0.1, -0.05) is 23.9 Å². The van der Waals surface area contributed by atoms with Crippen molar-refractivity contribution >= 4 is 29.3 Å². The maximum Gasteiger partial charge on any atom is 0.250 e. The van der Waals surface area contributed by atoms with E-state index in [0.29, 0.717) is 28.0 Å². The van der Waals surface area contributed by atoms with Crippen molar-refractivity contribution in [3.8, 4) is 34.0 Å². The molecule has 0 saturated heterocycles. The number of thioether (sulfide) groups is 1. The Labute approximate surface area is 218 Å². The molecule has 4 rings (SSSR count). The highest BCUT2D eigenvalue weighted by atomic mass is 32.2. The lowest BCUT2D eigenvalue weighted by atomic mass is 10.0. The molecule has 1 heterocycles. The summed E-state index contributed by atoms with van der Waals surface area (Å²) < 4.78 is 10.5. The van der Waals surface area contributed by atoms with Gasteiger partial charge in [0, 0.05) is 23.3 Å². The molecular formula is C27H25N5O4S. The predicted molar refractivity (Wildman–Crippen MR) is 143 cm³/mol. The third-order valence-electron chi connectivity index (χ3n) is 5.42. The number of methoxy groups -OCH3 is 2. The number of rotatable bonds is 10. The van der Waals surface area contributed by atoms with Crippen LogP contribution in [0.2, 0.25) is 0 Å². The largest absolute Gasteiger partial charge is 0.497 e. The van der Waals surface area contributed by atoms with E-state index in [0.717, 1.165) is 22.6 Å². The van der Waals surface area contributed by atoms with Crippen LogP contribution in [-0.4, -0.2) is 47.0 Å². The highest BCUT2D eigenvalue weighted by Gasteiger charge is 2.15. The fraction of sp³-hybridized carbons (Fsp3) is 0.148. The van der Waals surface area contributed by atoms with Crippen LogP contribution in [0.1, 0.15) is 16.8 Å². The molecule has 37 heavy (non-hydrogen) atoms. The number of amides is 2. The van der Waals surface area contributed by atoms with Gasteiger partial charge in [-0.3, -0.25) is 9.59 Å². The van der Waals surface area contributed by atoms with Gasteiger partial charge in [0.05, 0.1) is 25.5 Å². The zero-order valence-corrected chi connectivity index (χ0v) is 21.1. The maximum atomic E-state index is 12.5. The van der Waals surface area contributed by atoms with E-state index in [9.17, 15) is 9.59 Å². The summed E-state index contributed by atoms with van der Waals surface area (Å²) in [5, 5.41) is 11.9. The van der Waals surface area contributed by atoms with Crippen molar-refractivity contribution < 1.29 is 19.1 Å². The zero-order valence-electron chi connectivity index (χ0n) is 20.3. The zero-order chi connectivity index (χ0) is 26.2. The van der Waals surface area contributed by atoms with E-state index in [-0.39, 0.29) is 17.9 Å². The van der Waals surface area contributed by atoms with Crippen LogP contribution in [0.4, 0.5) is 5.69 Å². The van der Waals surface area contributed by atoms with Crippen molar-refractivity contribution in [1.29, 1.82) is 0 Å². The first-order chi connectivity index (χ1) is 18.0. The van der Waals surface area contributed by atoms with Crippen molar-refractivity contribution in [3.05, 3.63) is 78.4 Å². The van der Waals surface area contributed by atoms with E-state index < -0.39 is 5.91 Å². The lowest BCUT2D eigenvalue weighted by molar-refractivity contribution is -0.115. The molecule has 0 atom stereocenters. The van der Waals surface area contributed by atoms with Gasteiger partial charge in [0.25, 0.3) is 5.91 Å². The number of hydrogen-bond acceptors (Lipinski definition) is 8. The molecule has 0 aliphatic rings. The van der Waals surface area contributed by atoms with Crippen LogP contribution < -0.4 is 20.5 Å². The summed E-state index contributed by atoms with van der Waals surface area (Å²) in [4.78, 5) is 28.8. The molecule has 1 aromatic heterocycles. The summed E-state index contributed by atoms with van der Waals surface area (Å²) in [5.41, 5.74) is 9.00. The van der Waals surface area contributed by atoms with Gasteiger partial charge in [0.15, 0.2) is 0 Å². The first kappa shape index (κ1) is 25.6. The number of primary amides is 1. The molecule has 9 nitrogen and oxygen atoms in total. The molecule has 0 fully saturated rings. The molecule has 0 aliphatic carbocycles. The number of aromatic nitrogens is 3. The Kier molecular flexibility index (Phi) is 8.32. The number of nitrogens with zero attached hydrogens (tertiary/aromatic N) is 3. The minimum atomic E-state index is -0.604. The Balaban J connectivity index is 1.51. The van der Waals surface area contributed by atoms with Gasteiger partial charge in [-0.25, -0.2) is 4.98 Å². The second-order valence-corrected chi connectivity index (χ2v) is 8.87. The SMILES string of the molecule is COc1ccc(-c2nnc(SCCC(=O)Nc3ccccc3C(N)=O)nc2-c2ccc(OC)cc2)cc1. The molecular weight excluding hydrogens is 490 g/mol. The average molecular weight is 516 g/mol. The number of benzene rings is 3. The Morgan fingerprint density at radius 2 is 1.43 bits per heavy atom. The molecule has 0 unspecified atom stereocenters. The first-order valence-corrected chi connectivity index (χ1v) is 12.3. The topological polar surface area (TPSA) is 129 Å². The van der Waals surface area contributed by atoms with E-state index in [1.54, 1.807) is 38.5 Å². The summed E-state index contributed by atoms with van der Waals surface area (Å²) in [6.45, 7) is 0. The second-order valence-electron chi connectivity index (χ2n) is 7.81. The van der Waals surface area contributed by atoms with E-state index in [1.807, 2.05) is 48.5 Å². The minimum absolute atomic E-state index is 0.180. The van der Waals surface area contributed by atoms with Gasteiger partial charge in [-0.2, -0.15) is 0 Å². The van der Waals surface area contributed by atoms with E-state index in [2.05, 4.69) is 15.5 Å². The number of carbonyl (C=O) groups excluding carboxylic acids is 2. The summed E-state index contributed by atoms with van der Waals surface area (Å²) in [6, 6.07) is 21.7. The van der Waals surface area contributed by atoms with E-state index >= 15 is 0 Å². The highest BCUT2D eigenvalue weighted by Crippen LogP contribution is 2.32. The number of carbonyl (C=O) groups is 2. The van der Waals surface area contributed by atoms with Crippen LogP contribution in [0.5, 0.6) is 11.5 Å². The molecule has 0 radical (unpaired) electrons. The average Bonchev–Trinajstić information content (AvgIpc) is 2.93. The van der Waals surface area contributed by atoms with Gasteiger partial charge in [-0.15, -0.1) is 10.2 Å². The summed E-state index contributed by atoms with van der Waals surface area (Å²) in [7, 11) is 3.23. The van der Waals surface area contributed by atoms with Gasteiger partial charge >= 0.3 is 0 Å². The molecule has 10 heteroatoms. The molecule has 2 amide bonds. The summed E-state index contributed by atoms with van der Waals surface area (Å²) >= 11 is 1.31. The summed E-state index contributed by atoms with van der Waals surface area (Å²) in [6.07, 6.45) is 0.180. The second kappa shape index (κ2) is 12.0. The van der Waals surface area contributed by atoms with E-state index in [1.165, 1.54) is 11.8 Å². The number of hydrogen-bond donors (Lipinski definition) is 2. The van der Waals surface area contributed by atoms with Crippen molar-refractivity contribution in [2.45, 2.75) is 11.6 Å². The third-order valence-corrected chi connectivity index (χ3v) is 6.26. The molecule has 4 aromatic rings. The monoisotopic (exact) mass is 515 g/mol. The maximum absolute atomic E-state index is 12.5. The number of ether oxygens (including phenoxy) is 2. The van der Waals surface area contributed by atoms with Crippen molar-refractivity contribution in [2.75, 3.05) is 25.3 Å². The number of para-hydroxylation sites is 1. The molecule has 0 spiro atoms. The quantitative estimate of drug-likeness (QED) is 0.297. The Morgan fingerprint density at radius 3 is 2.03 bits per heavy atom. The fourth-order valence-electron chi connectivity index (χ4n) is 3.52. The first-order valence-electron chi connectivity index (χ1n) is 11.3. The van der Waals surface area contributed by atoms with Crippen LogP contribution >= 0.6 is 11.8 Å². The van der Waals surface area contributed by atoms with Gasteiger partial charge in [0.2, 0.25) is 11.1 Å². The standard InChI is InChI=1S/C27H25N5O4S/c1-35-19-11-7-17(8-12-19)24-25(18-9-13-20(36-2)14-10-18)31-32-27(30-24)37-16-15-23(33)29-22-6-4-3-5-21(22)26(28)34/h3-14H,15-16H2,1-2H3,(H2,28,34)(H,29,33). The van der Waals surface area contributed by atoms with Crippen LogP contribution in [0.15, 0.2) is 78.0 Å². The van der Waals surface area contributed by atoms with E-state index in [4.69, 9.17) is 20.2 Å². The van der Waals surface area contributed by atoms with Gasteiger partial charge in [0.1, 0.15) is 22.9 Å². The van der Waals surface area contributed by atoms with Gasteiger partial charge < -0.3 is 20.5 Å².